The van der Waals surface area contributed by atoms with E-state index in [-0.39, 0.29) is 11.7 Å². The fourth-order valence-corrected chi connectivity index (χ4v) is 3.17. The van der Waals surface area contributed by atoms with Gasteiger partial charge in [0.1, 0.15) is 5.76 Å². The zero-order valence-corrected chi connectivity index (χ0v) is 15.9. The van der Waals surface area contributed by atoms with Crippen LogP contribution < -0.4 is 5.32 Å². The molecule has 0 saturated carbocycles. The molecular formula is C18H18N4O4S. The van der Waals surface area contributed by atoms with E-state index >= 15 is 0 Å². The number of amides is 1. The van der Waals surface area contributed by atoms with Crippen LogP contribution in [-0.4, -0.2) is 39.5 Å². The maximum atomic E-state index is 12.2. The summed E-state index contributed by atoms with van der Waals surface area (Å²) in [7, 11) is 3.15. The summed E-state index contributed by atoms with van der Waals surface area (Å²) >= 11 is 1.27. The van der Waals surface area contributed by atoms with Crippen molar-refractivity contribution in [3.63, 3.8) is 0 Å². The van der Waals surface area contributed by atoms with E-state index in [1.807, 2.05) is 24.6 Å². The van der Waals surface area contributed by atoms with Crippen molar-refractivity contribution in [3.05, 3.63) is 47.9 Å². The van der Waals surface area contributed by atoms with Crippen molar-refractivity contribution in [2.45, 2.75) is 12.1 Å². The van der Waals surface area contributed by atoms with Crippen molar-refractivity contribution in [2.24, 2.45) is 7.05 Å². The standard InChI is InChI=1S/C18H18N4O4S/c1-11-14(7-8-26-11)16-20-21-18(22(16)2)27-10-15(23)19-13-6-4-5-12(9-13)17(24)25-3/h4-9H,10H2,1-3H3,(H,19,23). The number of thioether (sulfide) groups is 1. The Bertz CT molecular complexity index is 979. The third kappa shape index (κ3) is 4.20. The van der Waals surface area contributed by atoms with Crippen LogP contribution in [0.3, 0.4) is 0 Å². The Balaban J connectivity index is 1.63. The predicted octanol–water partition coefficient (Wildman–Crippen LogP) is 2.90. The summed E-state index contributed by atoms with van der Waals surface area (Å²) in [5.74, 6) is 0.909. The third-order valence-electron chi connectivity index (χ3n) is 3.83. The van der Waals surface area contributed by atoms with E-state index in [4.69, 9.17) is 4.42 Å². The van der Waals surface area contributed by atoms with Crippen molar-refractivity contribution >= 4 is 29.3 Å². The zero-order valence-electron chi connectivity index (χ0n) is 15.1. The van der Waals surface area contributed by atoms with Gasteiger partial charge in [-0.2, -0.15) is 0 Å². The number of hydrogen-bond acceptors (Lipinski definition) is 7. The van der Waals surface area contributed by atoms with Gasteiger partial charge in [-0.15, -0.1) is 10.2 Å². The van der Waals surface area contributed by atoms with Gasteiger partial charge < -0.3 is 19.0 Å². The number of nitrogens with one attached hydrogen (secondary N) is 1. The second-order valence-corrected chi connectivity index (χ2v) is 6.61. The minimum absolute atomic E-state index is 0.152. The number of esters is 1. The first-order chi connectivity index (χ1) is 13.0. The molecule has 1 aromatic carbocycles. The monoisotopic (exact) mass is 386 g/mol. The van der Waals surface area contributed by atoms with E-state index in [0.29, 0.717) is 22.2 Å². The molecule has 0 spiro atoms. The molecule has 1 amide bonds. The molecule has 0 aliphatic carbocycles. The fraction of sp³-hybridized carbons (Fsp3) is 0.222. The predicted molar refractivity (Wildman–Crippen MR) is 101 cm³/mol. The topological polar surface area (TPSA) is 99.2 Å². The third-order valence-corrected chi connectivity index (χ3v) is 4.85. The average Bonchev–Trinajstić information content (AvgIpc) is 3.24. The van der Waals surface area contributed by atoms with Gasteiger partial charge in [0.2, 0.25) is 5.91 Å². The smallest absolute Gasteiger partial charge is 0.337 e. The molecule has 0 atom stereocenters. The number of carbonyl (C=O) groups is 2. The lowest BCUT2D eigenvalue weighted by molar-refractivity contribution is -0.113. The van der Waals surface area contributed by atoms with Crippen LogP contribution >= 0.6 is 11.8 Å². The Hall–Kier alpha value is -3.07. The summed E-state index contributed by atoms with van der Waals surface area (Å²) in [5, 5.41) is 11.7. The number of aryl methyl sites for hydroxylation is 1. The molecule has 3 aromatic rings. The normalized spacial score (nSPS) is 10.6. The molecule has 0 saturated heterocycles. The lowest BCUT2D eigenvalue weighted by Gasteiger charge is -2.07. The highest BCUT2D eigenvalue weighted by molar-refractivity contribution is 7.99. The first-order valence-electron chi connectivity index (χ1n) is 8.04. The second-order valence-electron chi connectivity index (χ2n) is 5.66. The molecule has 0 radical (unpaired) electrons. The summed E-state index contributed by atoms with van der Waals surface area (Å²) in [6, 6.07) is 8.40. The Morgan fingerprint density at radius 3 is 2.81 bits per heavy atom. The molecule has 140 valence electrons. The Labute approximate surface area is 159 Å². The van der Waals surface area contributed by atoms with Gasteiger partial charge in [-0.1, -0.05) is 17.8 Å². The Morgan fingerprint density at radius 1 is 1.30 bits per heavy atom. The number of benzene rings is 1. The summed E-state index contributed by atoms with van der Waals surface area (Å²) < 4.78 is 11.8. The zero-order chi connectivity index (χ0) is 19.4. The van der Waals surface area contributed by atoms with E-state index in [0.717, 1.165) is 11.3 Å². The van der Waals surface area contributed by atoms with Crippen LogP contribution in [-0.2, 0) is 16.6 Å². The van der Waals surface area contributed by atoms with Gasteiger partial charge in [-0.25, -0.2) is 4.79 Å². The number of aromatic nitrogens is 3. The van der Waals surface area contributed by atoms with E-state index in [2.05, 4.69) is 20.3 Å². The molecule has 0 aliphatic rings. The van der Waals surface area contributed by atoms with Crippen molar-refractivity contribution in [2.75, 3.05) is 18.2 Å². The summed E-state index contributed by atoms with van der Waals surface area (Å²) in [5.41, 5.74) is 1.76. The van der Waals surface area contributed by atoms with Crippen LogP contribution in [0.4, 0.5) is 5.69 Å². The highest BCUT2D eigenvalue weighted by Crippen LogP contribution is 2.25. The number of rotatable bonds is 6. The summed E-state index contributed by atoms with van der Waals surface area (Å²) in [6.45, 7) is 1.85. The average molecular weight is 386 g/mol. The number of anilines is 1. The molecule has 8 nitrogen and oxygen atoms in total. The van der Waals surface area contributed by atoms with Gasteiger partial charge in [0.15, 0.2) is 11.0 Å². The molecular weight excluding hydrogens is 368 g/mol. The highest BCUT2D eigenvalue weighted by Gasteiger charge is 2.16. The number of carbonyl (C=O) groups excluding carboxylic acids is 2. The van der Waals surface area contributed by atoms with Gasteiger partial charge in [0, 0.05) is 12.7 Å². The quantitative estimate of drug-likeness (QED) is 0.514. The molecule has 0 unspecified atom stereocenters. The lowest BCUT2D eigenvalue weighted by atomic mass is 10.2. The van der Waals surface area contributed by atoms with Crippen LogP contribution in [0.2, 0.25) is 0 Å². The molecule has 3 rings (SSSR count). The maximum Gasteiger partial charge on any atom is 0.337 e. The molecule has 2 aromatic heterocycles. The van der Waals surface area contributed by atoms with Gasteiger partial charge in [-0.3, -0.25) is 4.79 Å². The van der Waals surface area contributed by atoms with Crippen LogP contribution in [0.5, 0.6) is 0 Å². The van der Waals surface area contributed by atoms with Crippen LogP contribution in [0, 0.1) is 6.92 Å². The van der Waals surface area contributed by atoms with E-state index in [1.165, 1.54) is 18.9 Å². The van der Waals surface area contributed by atoms with E-state index in [9.17, 15) is 9.59 Å². The fourth-order valence-electron chi connectivity index (χ4n) is 2.46. The van der Waals surface area contributed by atoms with Crippen molar-refractivity contribution in [1.29, 1.82) is 0 Å². The van der Waals surface area contributed by atoms with Gasteiger partial charge in [0.05, 0.1) is 30.3 Å². The summed E-state index contributed by atoms with van der Waals surface area (Å²) in [4.78, 5) is 23.8. The van der Waals surface area contributed by atoms with Crippen LogP contribution in [0.1, 0.15) is 16.1 Å². The van der Waals surface area contributed by atoms with Crippen molar-refractivity contribution < 1.29 is 18.7 Å². The maximum absolute atomic E-state index is 12.2. The van der Waals surface area contributed by atoms with Crippen LogP contribution in [0.25, 0.3) is 11.4 Å². The number of hydrogen-bond donors (Lipinski definition) is 1. The number of methoxy groups -OCH3 is 1. The first kappa shape index (κ1) is 18.7. The molecule has 0 bridgehead atoms. The first-order valence-corrected chi connectivity index (χ1v) is 9.03. The summed E-state index contributed by atoms with van der Waals surface area (Å²) in [6.07, 6.45) is 1.60. The Morgan fingerprint density at radius 2 is 2.11 bits per heavy atom. The number of nitrogens with zero attached hydrogens (tertiary/aromatic N) is 3. The SMILES string of the molecule is COC(=O)c1cccc(NC(=O)CSc2nnc(-c3ccoc3C)n2C)c1. The largest absolute Gasteiger partial charge is 0.469 e. The lowest BCUT2D eigenvalue weighted by Crippen LogP contribution is -2.15. The number of ether oxygens (including phenoxy) is 1. The molecule has 0 aliphatic heterocycles. The van der Waals surface area contributed by atoms with Gasteiger partial charge in [0.25, 0.3) is 0 Å². The Kier molecular flexibility index (Phi) is 5.60. The molecule has 1 N–H and O–H groups in total. The highest BCUT2D eigenvalue weighted by atomic mass is 32.2. The minimum Gasteiger partial charge on any atom is -0.469 e. The van der Waals surface area contributed by atoms with Gasteiger partial charge in [-0.05, 0) is 31.2 Å². The van der Waals surface area contributed by atoms with Gasteiger partial charge >= 0.3 is 5.97 Å². The minimum atomic E-state index is -0.457. The molecule has 2 heterocycles. The second kappa shape index (κ2) is 8.09. The van der Waals surface area contributed by atoms with Crippen LogP contribution in [0.15, 0.2) is 46.2 Å². The molecule has 27 heavy (non-hydrogen) atoms. The number of furan rings is 1. The van der Waals surface area contributed by atoms with Crippen molar-refractivity contribution in [1.82, 2.24) is 14.8 Å². The van der Waals surface area contributed by atoms with E-state index in [1.54, 1.807) is 30.5 Å². The van der Waals surface area contributed by atoms with E-state index < -0.39 is 5.97 Å². The van der Waals surface area contributed by atoms with Crippen molar-refractivity contribution in [3.8, 4) is 11.4 Å². The molecule has 9 heteroatoms. The molecule has 0 fully saturated rings.